The molecule has 0 spiro atoms. The van der Waals surface area contributed by atoms with E-state index in [0.29, 0.717) is 12.6 Å². The van der Waals surface area contributed by atoms with Crippen LogP contribution in [0.3, 0.4) is 0 Å². The van der Waals surface area contributed by atoms with E-state index < -0.39 is 0 Å². The van der Waals surface area contributed by atoms with Gasteiger partial charge in [-0.3, -0.25) is 0 Å². The van der Waals surface area contributed by atoms with Crippen molar-refractivity contribution in [2.45, 2.75) is 53.1 Å². The second-order valence-electron chi connectivity index (χ2n) is 6.84. The van der Waals surface area contributed by atoms with Gasteiger partial charge < -0.3 is 10.2 Å². The number of nitrogens with one attached hydrogen (secondary N) is 1. The van der Waals surface area contributed by atoms with Crippen LogP contribution in [0.25, 0.3) is 0 Å². The van der Waals surface area contributed by atoms with Gasteiger partial charge in [0.15, 0.2) is 0 Å². The molecule has 0 saturated carbocycles. The molecule has 0 unspecified atom stereocenters. The Morgan fingerprint density at radius 2 is 1.86 bits per heavy atom. The molecule has 21 heavy (non-hydrogen) atoms. The number of halogens is 1. The van der Waals surface area contributed by atoms with Crippen LogP contribution in [-0.2, 0) is 6.54 Å². The van der Waals surface area contributed by atoms with Crippen LogP contribution in [0.1, 0.15) is 46.1 Å². The topological polar surface area (TPSA) is 15.3 Å². The number of hydrogen-bond donors (Lipinski definition) is 1. The highest BCUT2D eigenvalue weighted by atomic mass is 19.1. The molecule has 1 N–H and O–H groups in total. The van der Waals surface area contributed by atoms with Crippen molar-refractivity contribution in [1.29, 1.82) is 0 Å². The first kappa shape index (κ1) is 16.3. The summed E-state index contributed by atoms with van der Waals surface area (Å²) in [5, 5.41) is 3.34. The summed E-state index contributed by atoms with van der Waals surface area (Å²) in [6.07, 6.45) is 2.43. The van der Waals surface area contributed by atoms with Crippen molar-refractivity contribution in [1.82, 2.24) is 5.32 Å². The van der Waals surface area contributed by atoms with Crippen LogP contribution in [0.2, 0.25) is 0 Å². The number of anilines is 1. The molecule has 1 heterocycles. The Morgan fingerprint density at radius 3 is 2.43 bits per heavy atom. The van der Waals surface area contributed by atoms with Crippen LogP contribution in [-0.4, -0.2) is 19.1 Å². The van der Waals surface area contributed by atoms with Gasteiger partial charge in [-0.15, -0.1) is 0 Å². The van der Waals surface area contributed by atoms with E-state index >= 15 is 0 Å². The lowest BCUT2D eigenvalue weighted by molar-refractivity contribution is 0.311. The molecule has 0 aliphatic carbocycles. The van der Waals surface area contributed by atoms with Gasteiger partial charge in [-0.05, 0) is 36.8 Å². The molecule has 2 rings (SSSR count). The van der Waals surface area contributed by atoms with Gasteiger partial charge in [0.1, 0.15) is 5.82 Å². The maximum atomic E-state index is 14.2. The predicted molar refractivity (Wildman–Crippen MR) is 88.2 cm³/mol. The Bertz CT molecular complexity index is 449. The first-order chi connectivity index (χ1) is 9.99. The van der Waals surface area contributed by atoms with Gasteiger partial charge >= 0.3 is 0 Å². The summed E-state index contributed by atoms with van der Waals surface area (Å²) in [6.45, 7) is 11.5. The lowest BCUT2D eigenvalue weighted by Crippen LogP contribution is -2.36. The molecule has 1 aliphatic heterocycles. The van der Waals surface area contributed by atoms with Gasteiger partial charge in [-0.2, -0.15) is 0 Å². The number of piperidine rings is 1. The molecule has 2 nitrogen and oxygen atoms in total. The van der Waals surface area contributed by atoms with Crippen molar-refractivity contribution in [3.05, 3.63) is 29.6 Å². The molecule has 0 bridgehead atoms. The van der Waals surface area contributed by atoms with Crippen LogP contribution in [0.4, 0.5) is 10.1 Å². The van der Waals surface area contributed by atoms with Crippen molar-refractivity contribution >= 4 is 5.69 Å². The molecule has 118 valence electrons. The van der Waals surface area contributed by atoms with E-state index in [1.54, 1.807) is 6.07 Å². The van der Waals surface area contributed by atoms with E-state index in [-0.39, 0.29) is 5.82 Å². The minimum absolute atomic E-state index is 0.0911. The highest BCUT2D eigenvalue weighted by molar-refractivity contribution is 5.54. The van der Waals surface area contributed by atoms with Gasteiger partial charge in [-0.25, -0.2) is 4.39 Å². The summed E-state index contributed by atoms with van der Waals surface area (Å²) in [4.78, 5) is 2.36. The van der Waals surface area contributed by atoms with E-state index in [2.05, 4.69) is 44.0 Å². The Balaban J connectivity index is 2.11. The van der Waals surface area contributed by atoms with E-state index in [1.807, 2.05) is 6.07 Å². The molecule has 1 fully saturated rings. The van der Waals surface area contributed by atoms with E-state index in [1.165, 1.54) is 12.8 Å². The van der Waals surface area contributed by atoms with Crippen molar-refractivity contribution in [3.63, 3.8) is 0 Å². The Labute approximate surface area is 128 Å². The fourth-order valence-electron chi connectivity index (χ4n) is 3.13. The fraction of sp³-hybridized carbons (Fsp3) is 0.667. The number of hydrogen-bond acceptors (Lipinski definition) is 2. The monoisotopic (exact) mass is 292 g/mol. The summed E-state index contributed by atoms with van der Waals surface area (Å²) in [7, 11) is 0. The van der Waals surface area contributed by atoms with Gasteiger partial charge in [0, 0.05) is 36.9 Å². The number of benzene rings is 1. The minimum Gasteiger partial charge on any atom is -0.371 e. The SMILES string of the molecule is CC(C)NCc1c(F)cccc1N1CCC(C(C)C)CC1. The van der Waals surface area contributed by atoms with Crippen LogP contribution in [0.5, 0.6) is 0 Å². The molecule has 0 aromatic heterocycles. The Morgan fingerprint density at radius 1 is 1.19 bits per heavy atom. The predicted octanol–water partition coefficient (Wildman–Crippen LogP) is 4.20. The van der Waals surface area contributed by atoms with Crippen molar-refractivity contribution in [3.8, 4) is 0 Å². The van der Waals surface area contributed by atoms with Crippen LogP contribution >= 0.6 is 0 Å². The maximum absolute atomic E-state index is 14.2. The average molecular weight is 292 g/mol. The molecule has 1 saturated heterocycles. The van der Waals surface area contributed by atoms with E-state index in [0.717, 1.165) is 36.2 Å². The van der Waals surface area contributed by atoms with Crippen LogP contribution < -0.4 is 10.2 Å². The van der Waals surface area contributed by atoms with E-state index in [9.17, 15) is 4.39 Å². The molecule has 0 amide bonds. The molecule has 1 aliphatic rings. The number of rotatable bonds is 5. The summed E-state index contributed by atoms with van der Waals surface area (Å²) >= 11 is 0. The zero-order valence-corrected chi connectivity index (χ0v) is 13.8. The van der Waals surface area contributed by atoms with Crippen LogP contribution in [0, 0.1) is 17.7 Å². The number of nitrogens with zero attached hydrogens (tertiary/aromatic N) is 1. The molecule has 1 aromatic rings. The summed E-state index contributed by atoms with van der Waals surface area (Å²) in [6, 6.07) is 5.83. The van der Waals surface area contributed by atoms with Crippen molar-refractivity contribution in [2.24, 2.45) is 11.8 Å². The average Bonchev–Trinajstić information content (AvgIpc) is 2.45. The quantitative estimate of drug-likeness (QED) is 0.875. The molecule has 1 aromatic carbocycles. The van der Waals surface area contributed by atoms with Crippen molar-refractivity contribution < 1.29 is 4.39 Å². The first-order valence-electron chi connectivity index (χ1n) is 8.24. The third-order valence-electron chi connectivity index (χ3n) is 4.60. The fourth-order valence-corrected chi connectivity index (χ4v) is 3.13. The molecular weight excluding hydrogens is 263 g/mol. The second-order valence-corrected chi connectivity index (χ2v) is 6.84. The zero-order chi connectivity index (χ0) is 15.4. The summed E-state index contributed by atoms with van der Waals surface area (Å²) in [5.74, 6) is 1.47. The molecule has 0 radical (unpaired) electrons. The Hall–Kier alpha value is -1.09. The lowest BCUT2D eigenvalue weighted by Gasteiger charge is -2.36. The van der Waals surface area contributed by atoms with Crippen molar-refractivity contribution in [2.75, 3.05) is 18.0 Å². The standard InChI is InChI=1S/C18H29FN2/c1-13(2)15-8-10-21(11-9-15)18-7-5-6-17(19)16(18)12-20-14(3)4/h5-7,13-15,20H,8-12H2,1-4H3. The lowest BCUT2D eigenvalue weighted by atomic mass is 9.86. The third kappa shape index (κ3) is 4.19. The molecule has 3 heteroatoms. The smallest absolute Gasteiger partial charge is 0.129 e. The van der Waals surface area contributed by atoms with Gasteiger partial charge in [-0.1, -0.05) is 33.8 Å². The van der Waals surface area contributed by atoms with Gasteiger partial charge in [0.05, 0.1) is 0 Å². The molecular formula is C18H29FN2. The largest absolute Gasteiger partial charge is 0.371 e. The van der Waals surface area contributed by atoms with Crippen LogP contribution in [0.15, 0.2) is 18.2 Å². The van der Waals surface area contributed by atoms with E-state index in [4.69, 9.17) is 0 Å². The maximum Gasteiger partial charge on any atom is 0.129 e. The first-order valence-corrected chi connectivity index (χ1v) is 8.24. The Kier molecular flexibility index (Phi) is 5.63. The third-order valence-corrected chi connectivity index (χ3v) is 4.60. The highest BCUT2D eigenvalue weighted by Crippen LogP contribution is 2.30. The highest BCUT2D eigenvalue weighted by Gasteiger charge is 2.23. The minimum atomic E-state index is -0.0911. The molecule has 0 atom stereocenters. The van der Waals surface area contributed by atoms with Gasteiger partial charge in [0.2, 0.25) is 0 Å². The second kappa shape index (κ2) is 7.26. The normalized spacial score (nSPS) is 17.0. The summed E-state index contributed by atoms with van der Waals surface area (Å²) < 4.78 is 14.2. The zero-order valence-electron chi connectivity index (χ0n) is 13.8. The summed E-state index contributed by atoms with van der Waals surface area (Å²) in [5.41, 5.74) is 1.89. The van der Waals surface area contributed by atoms with Gasteiger partial charge in [0.25, 0.3) is 0 Å².